The van der Waals surface area contributed by atoms with Gasteiger partial charge in [0.2, 0.25) is 5.91 Å². The normalized spacial score (nSPS) is 24.2. The molecule has 3 rings (SSSR count). The molecule has 32 heavy (non-hydrogen) atoms. The molecule has 4 nitrogen and oxygen atoms in total. The van der Waals surface area contributed by atoms with Crippen LogP contribution in [0, 0.1) is 5.41 Å². The SMILES string of the molecule is C=CC(CC)N1C(=O)[C@@](C)(CC(=O)OC)C[C@H](c2cccc(Cl)c2)[C@H]1c1ccc(Cl)cc1. The zero-order valence-corrected chi connectivity index (χ0v) is 20.2. The van der Waals surface area contributed by atoms with E-state index in [4.69, 9.17) is 27.9 Å². The van der Waals surface area contributed by atoms with Crippen molar-refractivity contribution in [2.75, 3.05) is 7.11 Å². The van der Waals surface area contributed by atoms with Crippen LogP contribution < -0.4 is 0 Å². The summed E-state index contributed by atoms with van der Waals surface area (Å²) in [5, 5.41) is 1.26. The lowest BCUT2D eigenvalue weighted by atomic mass is 9.67. The van der Waals surface area contributed by atoms with Crippen LogP contribution in [-0.4, -0.2) is 29.9 Å². The monoisotopic (exact) mass is 473 g/mol. The number of hydrogen-bond acceptors (Lipinski definition) is 3. The number of piperidine rings is 1. The molecule has 1 aliphatic heterocycles. The molecule has 0 aliphatic carbocycles. The van der Waals surface area contributed by atoms with Crippen molar-refractivity contribution >= 4 is 35.1 Å². The van der Waals surface area contributed by atoms with E-state index in [1.165, 1.54) is 7.11 Å². The van der Waals surface area contributed by atoms with E-state index >= 15 is 0 Å². The fourth-order valence-electron chi connectivity index (χ4n) is 4.78. The summed E-state index contributed by atoms with van der Waals surface area (Å²) in [5.41, 5.74) is 1.08. The van der Waals surface area contributed by atoms with Crippen molar-refractivity contribution in [2.24, 2.45) is 5.41 Å². The Hall–Kier alpha value is -2.30. The van der Waals surface area contributed by atoms with Crippen molar-refractivity contribution in [3.05, 3.63) is 82.4 Å². The average molecular weight is 474 g/mol. The predicted molar refractivity (Wildman–Crippen MR) is 129 cm³/mol. The quantitative estimate of drug-likeness (QED) is 0.336. The minimum absolute atomic E-state index is 0.0107. The highest BCUT2D eigenvalue weighted by Crippen LogP contribution is 2.52. The molecule has 6 heteroatoms. The van der Waals surface area contributed by atoms with E-state index < -0.39 is 11.4 Å². The second-order valence-corrected chi connectivity index (χ2v) is 9.47. The van der Waals surface area contributed by atoms with E-state index in [1.54, 1.807) is 6.08 Å². The van der Waals surface area contributed by atoms with Gasteiger partial charge in [-0.1, -0.05) is 67.4 Å². The third-order valence-corrected chi connectivity index (χ3v) is 6.89. The Labute approximate surface area is 200 Å². The van der Waals surface area contributed by atoms with Crippen LogP contribution in [0.5, 0.6) is 0 Å². The second-order valence-electron chi connectivity index (χ2n) is 8.60. The molecule has 0 N–H and O–H groups in total. The van der Waals surface area contributed by atoms with Gasteiger partial charge in [-0.2, -0.15) is 0 Å². The molecule has 1 heterocycles. The van der Waals surface area contributed by atoms with Gasteiger partial charge < -0.3 is 9.64 Å². The number of rotatable bonds is 7. The van der Waals surface area contributed by atoms with Crippen LogP contribution in [0.2, 0.25) is 10.0 Å². The first kappa shape index (κ1) is 24.3. The van der Waals surface area contributed by atoms with Gasteiger partial charge in [0.15, 0.2) is 0 Å². The zero-order valence-electron chi connectivity index (χ0n) is 18.7. The lowest BCUT2D eigenvalue weighted by Crippen LogP contribution is -2.55. The van der Waals surface area contributed by atoms with Crippen LogP contribution in [0.3, 0.4) is 0 Å². The summed E-state index contributed by atoms with van der Waals surface area (Å²) in [5.74, 6) is -0.564. The third-order valence-electron chi connectivity index (χ3n) is 6.40. The minimum Gasteiger partial charge on any atom is -0.469 e. The average Bonchev–Trinajstić information content (AvgIpc) is 2.78. The van der Waals surface area contributed by atoms with E-state index in [9.17, 15) is 9.59 Å². The van der Waals surface area contributed by atoms with E-state index in [2.05, 4.69) is 6.58 Å². The number of nitrogens with zero attached hydrogens (tertiary/aromatic N) is 1. The number of halogens is 2. The first-order valence-corrected chi connectivity index (χ1v) is 11.5. The first-order valence-electron chi connectivity index (χ1n) is 10.8. The molecule has 2 aromatic rings. The maximum absolute atomic E-state index is 14.0. The van der Waals surface area contributed by atoms with Crippen LogP contribution in [-0.2, 0) is 14.3 Å². The molecule has 2 aromatic carbocycles. The fourth-order valence-corrected chi connectivity index (χ4v) is 5.10. The summed E-state index contributed by atoms with van der Waals surface area (Å²) < 4.78 is 4.93. The number of carbonyl (C=O) groups is 2. The highest BCUT2D eigenvalue weighted by Gasteiger charge is 2.52. The number of amides is 1. The number of benzene rings is 2. The Bertz CT molecular complexity index is 991. The van der Waals surface area contributed by atoms with Gasteiger partial charge in [-0.25, -0.2) is 0 Å². The number of likely N-dealkylation sites (tertiary alicyclic amines) is 1. The smallest absolute Gasteiger partial charge is 0.306 e. The molecule has 1 fully saturated rings. The van der Waals surface area contributed by atoms with Gasteiger partial charge >= 0.3 is 5.97 Å². The van der Waals surface area contributed by atoms with Crippen LogP contribution in [0.1, 0.15) is 56.2 Å². The van der Waals surface area contributed by atoms with Crippen molar-refractivity contribution in [1.29, 1.82) is 0 Å². The van der Waals surface area contributed by atoms with Crippen molar-refractivity contribution in [1.82, 2.24) is 4.90 Å². The number of esters is 1. The van der Waals surface area contributed by atoms with Gasteiger partial charge in [0.25, 0.3) is 0 Å². The molecule has 0 radical (unpaired) electrons. The third kappa shape index (κ3) is 4.87. The summed E-state index contributed by atoms with van der Waals surface area (Å²) in [6.45, 7) is 7.87. The summed E-state index contributed by atoms with van der Waals surface area (Å²) in [6.07, 6.45) is 3.01. The standard InChI is InChI=1S/C26H29Cl2NO3/c1-5-21(6-2)29-24(17-10-12-19(27)13-11-17)22(18-8-7-9-20(28)14-18)15-26(3,25(29)31)16-23(30)32-4/h5,7-14,21-22,24H,1,6,15-16H2,2-4H3/t21?,22-,24-,26-/m1/s1. The van der Waals surface area contributed by atoms with Gasteiger partial charge in [0, 0.05) is 16.0 Å². The molecule has 0 bridgehead atoms. The molecule has 0 spiro atoms. The second kappa shape index (κ2) is 10.1. The molecule has 1 amide bonds. The van der Waals surface area contributed by atoms with E-state index in [1.807, 2.05) is 67.3 Å². The van der Waals surface area contributed by atoms with Crippen LogP contribution in [0.25, 0.3) is 0 Å². The number of methoxy groups -OCH3 is 1. The van der Waals surface area contributed by atoms with Crippen LogP contribution >= 0.6 is 23.2 Å². The Balaban J connectivity index is 2.22. The largest absolute Gasteiger partial charge is 0.469 e. The highest BCUT2D eigenvalue weighted by molar-refractivity contribution is 6.30. The lowest BCUT2D eigenvalue weighted by Gasteiger charge is -2.51. The van der Waals surface area contributed by atoms with Gasteiger partial charge in [-0.15, -0.1) is 6.58 Å². The number of hydrogen-bond donors (Lipinski definition) is 0. The van der Waals surface area contributed by atoms with E-state index in [0.29, 0.717) is 22.9 Å². The molecule has 0 saturated carbocycles. The lowest BCUT2D eigenvalue weighted by molar-refractivity contribution is -0.160. The molecule has 1 aliphatic rings. The maximum atomic E-state index is 14.0. The summed E-state index contributed by atoms with van der Waals surface area (Å²) in [6, 6.07) is 14.9. The van der Waals surface area contributed by atoms with E-state index in [-0.39, 0.29) is 30.3 Å². The summed E-state index contributed by atoms with van der Waals surface area (Å²) in [4.78, 5) is 28.2. The summed E-state index contributed by atoms with van der Waals surface area (Å²) >= 11 is 12.5. The minimum atomic E-state index is -0.917. The molecule has 1 saturated heterocycles. The van der Waals surface area contributed by atoms with Crippen LogP contribution in [0.15, 0.2) is 61.2 Å². The van der Waals surface area contributed by atoms with Crippen molar-refractivity contribution in [3.63, 3.8) is 0 Å². The Morgan fingerprint density at radius 2 is 1.91 bits per heavy atom. The van der Waals surface area contributed by atoms with Crippen molar-refractivity contribution < 1.29 is 14.3 Å². The zero-order chi connectivity index (χ0) is 23.5. The molecule has 0 aromatic heterocycles. The molecular weight excluding hydrogens is 445 g/mol. The van der Waals surface area contributed by atoms with E-state index in [0.717, 1.165) is 11.1 Å². The number of carbonyl (C=O) groups excluding carboxylic acids is 2. The molecule has 170 valence electrons. The van der Waals surface area contributed by atoms with Crippen molar-refractivity contribution in [2.45, 2.75) is 51.1 Å². The highest BCUT2D eigenvalue weighted by atomic mass is 35.5. The topological polar surface area (TPSA) is 46.6 Å². The Morgan fingerprint density at radius 3 is 2.47 bits per heavy atom. The van der Waals surface area contributed by atoms with Crippen molar-refractivity contribution in [3.8, 4) is 0 Å². The predicted octanol–water partition coefficient (Wildman–Crippen LogP) is 6.58. The van der Waals surface area contributed by atoms with Gasteiger partial charge in [-0.3, -0.25) is 9.59 Å². The molecular formula is C26H29Cl2NO3. The van der Waals surface area contributed by atoms with Gasteiger partial charge in [0.05, 0.1) is 31.0 Å². The van der Waals surface area contributed by atoms with Crippen LogP contribution in [0.4, 0.5) is 0 Å². The van der Waals surface area contributed by atoms with Gasteiger partial charge in [-0.05, 0) is 48.2 Å². The molecule has 1 unspecified atom stereocenters. The molecule has 4 atom stereocenters. The summed E-state index contributed by atoms with van der Waals surface area (Å²) in [7, 11) is 1.35. The first-order chi connectivity index (χ1) is 15.2. The Morgan fingerprint density at radius 1 is 1.22 bits per heavy atom. The number of ether oxygens (including phenoxy) is 1. The Kier molecular flexibility index (Phi) is 7.68. The fraction of sp³-hybridized carbons (Fsp3) is 0.385. The van der Waals surface area contributed by atoms with Gasteiger partial charge in [0.1, 0.15) is 0 Å². The maximum Gasteiger partial charge on any atom is 0.306 e.